The Hall–Kier alpha value is -2.11. The molecule has 3 nitrogen and oxygen atoms in total. The molecule has 1 aromatic carbocycles. The monoisotopic (exact) mass is 255 g/mol. The van der Waals surface area contributed by atoms with Crippen molar-refractivity contribution in [1.29, 1.82) is 0 Å². The first kappa shape index (κ1) is 12.3. The lowest BCUT2D eigenvalue weighted by Crippen LogP contribution is -2.07. The second kappa shape index (κ2) is 4.29. The SMILES string of the molecule is CC1=NC(=Cc2ccccc2C(F)(F)F)C(=O)O1. The number of nitrogens with zero attached hydrogens (tertiary/aromatic N) is 1. The molecule has 1 aromatic rings. The lowest BCUT2D eigenvalue weighted by Gasteiger charge is -2.09. The van der Waals surface area contributed by atoms with Gasteiger partial charge in [-0.15, -0.1) is 0 Å². The average Bonchev–Trinajstić information content (AvgIpc) is 2.57. The van der Waals surface area contributed by atoms with E-state index in [2.05, 4.69) is 9.73 Å². The molecule has 0 N–H and O–H groups in total. The van der Waals surface area contributed by atoms with Crippen molar-refractivity contribution in [1.82, 2.24) is 0 Å². The Morgan fingerprint density at radius 1 is 1.28 bits per heavy atom. The molecule has 1 heterocycles. The lowest BCUT2D eigenvalue weighted by molar-refractivity contribution is -0.137. The van der Waals surface area contributed by atoms with Gasteiger partial charge < -0.3 is 4.74 Å². The lowest BCUT2D eigenvalue weighted by atomic mass is 10.1. The molecule has 6 heteroatoms. The maximum atomic E-state index is 12.7. The van der Waals surface area contributed by atoms with Crippen LogP contribution in [0.2, 0.25) is 0 Å². The van der Waals surface area contributed by atoms with Crippen LogP contribution in [-0.4, -0.2) is 11.9 Å². The zero-order chi connectivity index (χ0) is 13.3. The van der Waals surface area contributed by atoms with Crippen LogP contribution in [-0.2, 0) is 15.7 Å². The smallest absolute Gasteiger partial charge is 0.407 e. The van der Waals surface area contributed by atoms with Gasteiger partial charge in [-0.3, -0.25) is 0 Å². The summed E-state index contributed by atoms with van der Waals surface area (Å²) in [6.45, 7) is 1.45. The predicted octanol–water partition coefficient (Wildman–Crippen LogP) is 3.02. The standard InChI is InChI=1S/C12H8F3NO2/c1-7-16-10(11(17)18-7)6-8-4-2-3-5-9(8)12(13,14)15/h2-6H,1H3. The van der Waals surface area contributed by atoms with Crippen LogP contribution in [0.25, 0.3) is 6.08 Å². The fourth-order valence-corrected chi connectivity index (χ4v) is 1.54. The summed E-state index contributed by atoms with van der Waals surface area (Å²) in [7, 11) is 0. The van der Waals surface area contributed by atoms with Crippen LogP contribution in [0.3, 0.4) is 0 Å². The molecule has 0 aliphatic carbocycles. The summed E-state index contributed by atoms with van der Waals surface area (Å²) in [4.78, 5) is 15.0. The van der Waals surface area contributed by atoms with Gasteiger partial charge in [-0.1, -0.05) is 18.2 Å². The van der Waals surface area contributed by atoms with Crippen LogP contribution >= 0.6 is 0 Å². The van der Waals surface area contributed by atoms with Gasteiger partial charge in [0, 0.05) is 6.92 Å². The summed E-state index contributed by atoms with van der Waals surface area (Å²) in [5, 5.41) is 0. The number of hydrogen-bond donors (Lipinski definition) is 0. The Kier molecular flexibility index (Phi) is 2.94. The molecule has 0 atom stereocenters. The molecule has 0 amide bonds. The third-order valence-corrected chi connectivity index (χ3v) is 2.29. The first-order valence-corrected chi connectivity index (χ1v) is 5.03. The number of halogens is 3. The van der Waals surface area contributed by atoms with Gasteiger partial charge in [0.1, 0.15) is 0 Å². The van der Waals surface area contributed by atoms with Crippen LogP contribution in [0.4, 0.5) is 13.2 Å². The highest BCUT2D eigenvalue weighted by atomic mass is 19.4. The molecule has 0 aromatic heterocycles. The number of hydrogen-bond acceptors (Lipinski definition) is 3. The van der Waals surface area contributed by atoms with Gasteiger partial charge in [0.05, 0.1) is 5.56 Å². The number of rotatable bonds is 1. The molecule has 2 rings (SSSR count). The largest absolute Gasteiger partial charge is 0.416 e. The molecule has 0 spiro atoms. The number of ether oxygens (including phenoxy) is 1. The summed E-state index contributed by atoms with van der Waals surface area (Å²) >= 11 is 0. The molecule has 94 valence electrons. The summed E-state index contributed by atoms with van der Waals surface area (Å²) in [6, 6.07) is 4.96. The number of carbonyl (C=O) groups excluding carboxylic acids is 1. The summed E-state index contributed by atoms with van der Waals surface area (Å²) < 4.78 is 42.8. The van der Waals surface area contributed by atoms with Gasteiger partial charge in [0.15, 0.2) is 11.6 Å². The Balaban J connectivity index is 2.48. The molecule has 0 radical (unpaired) electrons. The van der Waals surface area contributed by atoms with Crippen molar-refractivity contribution in [3.63, 3.8) is 0 Å². The number of aliphatic imine (C=N–C) groups is 1. The highest BCUT2D eigenvalue weighted by Crippen LogP contribution is 2.33. The van der Waals surface area contributed by atoms with E-state index in [4.69, 9.17) is 0 Å². The minimum atomic E-state index is -4.48. The minimum Gasteiger partial charge on any atom is -0.407 e. The molecule has 0 saturated heterocycles. The van der Waals surface area contributed by atoms with Gasteiger partial charge in [0.25, 0.3) is 0 Å². The van der Waals surface area contributed by atoms with Crippen molar-refractivity contribution < 1.29 is 22.7 Å². The van der Waals surface area contributed by atoms with Gasteiger partial charge in [-0.2, -0.15) is 13.2 Å². The Bertz CT molecular complexity index is 559. The second-order valence-electron chi connectivity index (χ2n) is 3.63. The molecule has 0 bridgehead atoms. The normalized spacial score (nSPS) is 17.9. The molecule has 1 aliphatic heterocycles. The van der Waals surface area contributed by atoms with Crippen LogP contribution in [0.5, 0.6) is 0 Å². The summed E-state index contributed by atoms with van der Waals surface area (Å²) in [6.07, 6.45) is -3.41. The first-order valence-electron chi connectivity index (χ1n) is 5.03. The highest BCUT2D eigenvalue weighted by molar-refractivity contribution is 6.06. The molecule has 0 saturated carbocycles. The third-order valence-electron chi connectivity index (χ3n) is 2.29. The maximum absolute atomic E-state index is 12.7. The molecular weight excluding hydrogens is 247 g/mol. The van der Waals surface area contributed by atoms with Crippen molar-refractivity contribution in [2.24, 2.45) is 4.99 Å². The Morgan fingerprint density at radius 3 is 2.50 bits per heavy atom. The van der Waals surface area contributed by atoms with Crippen LogP contribution in [0.1, 0.15) is 18.1 Å². The zero-order valence-corrected chi connectivity index (χ0v) is 9.28. The Labute approximate surface area is 101 Å². The van der Waals surface area contributed by atoms with Crippen LogP contribution in [0.15, 0.2) is 35.0 Å². The predicted molar refractivity (Wildman–Crippen MR) is 58.6 cm³/mol. The van der Waals surface area contributed by atoms with Crippen molar-refractivity contribution in [2.75, 3.05) is 0 Å². The molecule has 0 unspecified atom stereocenters. The van der Waals surface area contributed by atoms with E-state index in [0.717, 1.165) is 12.1 Å². The minimum absolute atomic E-state index is 0.115. The van der Waals surface area contributed by atoms with Crippen molar-refractivity contribution >= 4 is 17.9 Å². The van der Waals surface area contributed by atoms with E-state index in [1.165, 1.54) is 25.1 Å². The first-order chi connectivity index (χ1) is 8.38. The van der Waals surface area contributed by atoms with Crippen molar-refractivity contribution in [3.05, 3.63) is 41.1 Å². The summed E-state index contributed by atoms with van der Waals surface area (Å²) in [5.41, 5.74) is -1.07. The van der Waals surface area contributed by atoms with Crippen LogP contribution < -0.4 is 0 Å². The molecular formula is C12H8F3NO2. The second-order valence-corrected chi connectivity index (χ2v) is 3.63. The number of cyclic esters (lactones) is 1. The number of alkyl halides is 3. The van der Waals surface area contributed by atoms with E-state index in [0.29, 0.717) is 0 Å². The third kappa shape index (κ3) is 2.42. The van der Waals surface area contributed by atoms with Crippen molar-refractivity contribution in [2.45, 2.75) is 13.1 Å². The fraction of sp³-hybridized carbons (Fsp3) is 0.167. The topological polar surface area (TPSA) is 38.7 Å². The Morgan fingerprint density at radius 2 is 1.94 bits per heavy atom. The van der Waals surface area contributed by atoms with Crippen molar-refractivity contribution in [3.8, 4) is 0 Å². The van der Waals surface area contributed by atoms with E-state index in [-0.39, 0.29) is 17.2 Å². The molecule has 18 heavy (non-hydrogen) atoms. The highest BCUT2D eigenvalue weighted by Gasteiger charge is 2.33. The van der Waals surface area contributed by atoms with E-state index in [1.807, 2.05) is 0 Å². The van der Waals surface area contributed by atoms with Gasteiger partial charge >= 0.3 is 12.1 Å². The van der Waals surface area contributed by atoms with Gasteiger partial charge in [0.2, 0.25) is 0 Å². The quantitative estimate of drug-likeness (QED) is 0.571. The van der Waals surface area contributed by atoms with Gasteiger partial charge in [-0.05, 0) is 17.7 Å². The number of carbonyl (C=O) groups is 1. The van der Waals surface area contributed by atoms with Crippen LogP contribution in [0, 0.1) is 0 Å². The molecule has 1 aliphatic rings. The number of benzene rings is 1. The molecule has 0 fully saturated rings. The fourth-order valence-electron chi connectivity index (χ4n) is 1.54. The number of esters is 1. The maximum Gasteiger partial charge on any atom is 0.416 e. The van der Waals surface area contributed by atoms with E-state index < -0.39 is 17.7 Å². The van der Waals surface area contributed by atoms with E-state index in [9.17, 15) is 18.0 Å². The summed E-state index contributed by atoms with van der Waals surface area (Å²) in [5.74, 6) is -0.625. The van der Waals surface area contributed by atoms with Gasteiger partial charge in [-0.25, -0.2) is 9.79 Å². The average molecular weight is 255 g/mol. The zero-order valence-electron chi connectivity index (χ0n) is 9.28. The van der Waals surface area contributed by atoms with E-state index >= 15 is 0 Å². The van der Waals surface area contributed by atoms with E-state index in [1.54, 1.807) is 0 Å².